The molecule has 0 unspecified atom stereocenters. The van der Waals surface area contributed by atoms with Crippen molar-refractivity contribution in [3.05, 3.63) is 106 Å². The van der Waals surface area contributed by atoms with E-state index in [2.05, 4.69) is 10.6 Å². The molecule has 2 N–H and O–H groups in total. The summed E-state index contributed by atoms with van der Waals surface area (Å²) in [5, 5.41) is 7.05. The lowest BCUT2D eigenvalue weighted by Gasteiger charge is -2.41. The van der Waals surface area contributed by atoms with Gasteiger partial charge in [-0.1, -0.05) is 42.5 Å². The minimum absolute atomic E-state index is 0.0316. The maximum atomic E-state index is 14.5. The number of piperazine rings is 1. The molecule has 2 atom stereocenters. The van der Waals surface area contributed by atoms with Crippen LogP contribution in [0.15, 0.2) is 66.2 Å². The quantitative estimate of drug-likeness (QED) is 0.188. The molecule has 2 heterocycles. The third-order valence-corrected chi connectivity index (χ3v) is 8.24. The van der Waals surface area contributed by atoms with Gasteiger partial charge in [0.2, 0.25) is 5.82 Å². The van der Waals surface area contributed by atoms with Gasteiger partial charge in [-0.15, -0.1) is 0 Å². The lowest BCUT2D eigenvalue weighted by Crippen LogP contribution is -2.60. The van der Waals surface area contributed by atoms with Crippen LogP contribution in [0, 0.1) is 23.3 Å². The number of hydrogen-bond acceptors (Lipinski definition) is 4. The molecule has 1 aliphatic carbocycles. The normalized spacial score (nSPS) is 20.0. The summed E-state index contributed by atoms with van der Waals surface area (Å²) in [6, 6.07) is 16.4. The van der Waals surface area contributed by atoms with E-state index in [1.54, 1.807) is 18.2 Å². The Morgan fingerprint density at radius 3 is 2.43 bits per heavy atom. The molecule has 2 aliphatic heterocycles. The topological polar surface area (TPSA) is 53.6 Å². The Bertz CT molecular complexity index is 1490. The SMILES string of the molecule is O=C(C1=C(c2ccc(CCCOc3c(F)ccc(F)c3F)cc2)C[C@@H]2CNC[C@H]1N2)N(Cc1ccccc1F)C1CC1. The van der Waals surface area contributed by atoms with Crippen LogP contribution in [0.25, 0.3) is 5.57 Å². The van der Waals surface area contributed by atoms with Gasteiger partial charge in [0.25, 0.3) is 5.91 Å². The minimum Gasteiger partial charge on any atom is -0.488 e. The second-order valence-corrected chi connectivity index (χ2v) is 11.2. The number of fused-ring (bicyclic) bond motifs is 2. The van der Waals surface area contributed by atoms with Crippen molar-refractivity contribution in [3.63, 3.8) is 0 Å². The largest absolute Gasteiger partial charge is 0.488 e. The Balaban J connectivity index is 1.19. The van der Waals surface area contributed by atoms with Gasteiger partial charge in [0.05, 0.1) is 12.6 Å². The molecule has 3 aromatic rings. The van der Waals surface area contributed by atoms with Crippen LogP contribution in [0.2, 0.25) is 0 Å². The summed E-state index contributed by atoms with van der Waals surface area (Å²) in [5.41, 5.74) is 4.25. The van der Waals surface area contributed by atoms with E-state index in [-0.39, 0.29) is 43.0 Å². The van der Waals surface area contributed by atoms with Gasteiger partial charge >= 0.3 is 0 Å². The second kappa shape index (κ2) is 12.3. The number of benzene rings is 3. The molecule has 220 valence electrons. The van der Waals surface area contributed by atoms with E-state index in [1.807, 2.05) is 29.2 Å². The standard InChI is InChI=1S/C33H33F4N3O2/c34-26-6-2-1-5-22(26)19-40(24-11-12-24)33(41)30-25(16-23-17-38-18-29(30)39-23)21-9-7-20(8-10-21)4-3-15-42-32-28(36)14-13-27(35)31(32)37/h1-2,5-10,13-14,23-24,29,38-39H,3-4,11-12,15-19H2/t23-,29-/m1/s1. The van der Waals surface area contributed by atoms with E-state index in [1.165, 1.54) is 6.07 Å². The van der Waals surface area contributed by atoms with Gasteiger partial charge in [-0.25, -0.2) is 13.2 Å². The number of nitrogens with zero attached hydrogens (tertiary/aromatic N) is 1. The molecule has 42 heavy (non-hydrogen) atoms. The molecule has 0 radical (unpaired) electrons. The molecule has 1 amide bonds. The van der Waals surface area contributed by atoms with Crippen molar-refractivity contribution in [1.29, 1.82) is 0 Å². The number of carbonyl (C=O) groups is 1. The summed E-state index contributed by atoms with van der Waals surface area (Å²) < 4.78 is 60.8. The van der Waals surface area contributed by atoms with Crippen LogP contribution in [0.4, 0.5) is 17.6 Å². The minimum atomic E-state index is -1.32. The fourth-order valence-corrected chi connectivity index (χ4v) is 5.92. The number of ether oxygens (including phenoxy) is 1. The maximum Gasteiger partial charge on any atom is 0.252 e. The average molecular weight is 580 g/mol. The molecule has 3 aliphatic rings. The fraction of sp³-hybridized carbons (Fsp3) is 0.364. The zero-order valence-corrected chi connectivity index (χ0v) is 23.1. The van der Waals surface area contributed by atoms with Crippen LogP contribution in [0.1, 0.15) is 42.4 Å². The number of carbonyl (C=O) groups excluding carboxylic acids is 1. The van der Waals surface area contributed by atoms with Crippen molar-refractivity contribution in [2.45, 2.75) is 56.8 Å². The molecule has 6 rings (SSSR count). The maximum absolute atomic E-state index is 14.5. The zero-order chi connectivity index (χ0) is 29.2. The van der Waals surface area contributed by atoms with Gasteiger partial charge in [-0.3, -0.25) is 4.79 Å². The Kier molecular flexibility index (Phi) is 8.31. The monoisotopic (exact) mass is 579 g/mol. The van der Waals surface area contributed by atoms with Crippen molar-refractivity contribution < 1.29 is 27.1 Å². The molecule has 0 aromatic heterocycles. The van der Waals surface area contributed by atoms with Crippen molar-refractivity contribution >= 4 is 11.5 Å². The van der Waals surface area contributed by atoms with Gasteiger partial charge in [0.1, 0.15) is 5.82 Å². The molecule has 3 aromatic carbocycles. The highest BCUT2D eigenvalue weighted by molar-refractivity contribution is 6.03. The number of halogens is 4. The molecular formula is C33H33F4N3O2. The van der Waals surface area contributed by atoms with Gasteiger partial charge in [0.15, 0.2) is 17.4 Å². The van der Waals surface area contributed by atoms with Crippen LogP contribution in [0.3, 0.4) is 0 Å². The highest BCUT2D eigenvalue weighted by Gasteiger charge is 2.41. The number of hydrogen-bond donors (Lipinski definition) is 2. The molecule has 2 bridgehead atoms. The van der Waals surface area contributed by atoms with E-state index in [4.69, 9.17) is 4.74 Å². The molecule has 5 nitrogen and oxygen atoms in total. The van der Waals surface area contributed by atoms with Gasteiger partial charge in [-0.2, -0.15) is 4.39 Å². The first-order valence-electron chi connectivity index (χ1n) is 14.5. The zero-order valence-electron chi connectivity index (χ0n) is 23.1. The van der Waals surface area contributed by atoms with Crippen LogP contribution in [0.5, 0.6) is 5.75 Å². The van der Waals surface area contributed by atoms with Gasteiger partial charge in [-0.05, 0) is 67.0 Å². The Morgan fingerprint density at radius 1 is 0.905 bits per heavy atom. The lowest BCUT2D eigenvalue weighted by molar-refractivity contribution is -0.128. The average Bonchev–Trinajstić information content (AvgIpc) is 3.84. The van der Waals surface area contributed by atoms with Crippen molar-refractivity contribution in [2.75, 3.05) is 19.7 Å². The summed E-state index contributed by atoms with van der Waals surface area (Å²) in [7, 11) is 0. The van der Waals surface area contributed by atoms with Crippen molar-refractivity contribution in [3.8, 4) is 5.75 Å². The molecule has 0 spiro atoms. The third kappa shape index (κ3) is 6.08. The fourth-order valence-electron chi connectivity index (χ4n) is 5.92. The molecule has 9 heteroatoms. The van der Waals surface area contributed by atoms with Gasteiger partial charge < -0.3 is 20.3 Å². The van der Waals surface area contributed by atoms with Crippen LogP contribution in [-0.4, -0.2) is 48.6 Å². The van der Waals surface area contributed by atoms with E-state index in [9.17, 15) is 22.4 Å². The van der Waals surface area contributed by atoms with Gasteiger partial charge in [0, 0.05) is 42.9 Å². The lowest BCUT2D eigenvalue weighted by atomic mass is 9.83. The number of amides is 1. The van der Waals surface area contributed by atoms with E-state index >= 15 is 0 Å². The first kappa shape index (κ1) is 28.4. The number of rotatable bonds is 10. The smallest absolute Gasteiger partial charge is 0.252 e. The van der Waals surface area contributed by atoms with E-state index < -0.39 is 23.2 Å². The Hall–Kier alpha value is -3.69. The van der Waals surface area contributed by atoms with Crippen molar-refractivity contribution in [1.82, 2.24) is 15.5 Å². The summed E-state index contributed by atoms with van der Waals surface area (Å²) >= 11 is 0. The first-order chi connectivity index (χ1) is 20.4. The van der Waals surface area contributed by atoms with Crippen molar-refractivity contribution in [2.24, 2.45) is 0 Å². The van der Waals surface area contributed by atoms with Crippen LogP contribution >= 0.6 is 0 Å². The van der Waals surface area contributed by atoms with Crippen LogP contribution < -0.4 is 15.4 Å². The molecule has 1 saturated heterocycles. The summed E-state index contributed by atoms with van der Waals surface area (Å²) in [4.78, 5) is 16.0. The predicted octanol–water partition coefficient (Wildman–Crippen LogP) is 5.53. The predicted molar refractivity (Wildman–Crippen MR) is 152 cm³/mol. The summed E-state index contributed by atoms with van der Waals surface area (Å²) in [6.07, 6.45) is 3.60. The molecule has 1 saturated carbocycles. The highest BCUT2D eigenvalue weighted by Crippen LogP contribution is 2.36. The number of nitrogens with one attached hydrogen (secondary N) is 2. The second-order valence-electron chi connectivity index (χ2n) is 11.2. The molecule has 2 fully saturated rings. The highest BCUT2D eigenvalue weighted by atomic mass is 19.2. The summed E-state index contributed by atoms with van der Waals surface area (Å²) in [5.74, 6) is -4.47. The third-order valence-electron chi connectivity index (χ3n) is 8.24. The first-order valence-corrected chi connectivity index (χ1v) is 14.5. The number of aryl methyl sites for hydroxylation is 1. The summed E-state index contributed by atoms with van der Waals surface area (Å²) in [6.45, 7) is 1.72. The van der Waals surface area contributed by atoms with E-state index in [0.29, 0.717) is 31.4 Å². The Labute approximate surface area is 242 Å². The Morgan fingerprint density at radius 2 is 1.67 bits per heavy atom. The van der Waals surface area contributed by atoms with Crippen LogP contribution in [-0.2, 0) is 17.8 Å². The van der Waals surface area contributed by atoms with E-state index in [0.717, 1.165) is 53.8 Å². The molecular weight excluding hydrogens is 546 g/mol.